The standard InChI is InChI=1S/C22H19N5O3S/c1-14-3-5-15(6-4-14)18-11-12-19-24-25-22(27(19)26-18)31-13-20(28)23-17-9-7-16(8-10-17)21(29)30-2/h3-12H,13H2,1-2H3,(H,23,28). The summed E-state index contributed by atoms with van der Waals surface area (Å²) in [6.45, 7) is 2.04. The maximum absolute atomic E-state index is 12.3. The number of nitrogens with one attached hydrogen (secondary N) is 1. The van der Waals surface area contributed by atoms with Gasteiger partial charge in [0.1, 0.15) is 0 Å². The van der Waals surface area contributed by atoms with Crippen molar-refractivity contribution >= 4 is 35.0 Å². The summed E-state index contributed by atoms with van der Waals surface area (Å²) in [5, 5.41) is 16.2. The van der Waals surface area contributed by atoms with Gasteiger partial charge in [0.05, 0.1) is 24.1 Å². The van der Waals surface area contributed by atoms with Crippen LogP contribution < -0.4 is 5.32 Å². The Morgan fingerprint density at radius 3 is 2.45 bits per heavy atom. The van der Waals surface area contributed by atoms with Crippen LogP contribution >= 0.6 is 11.8 Å². The van der Waals surface area contributed by atoms with Gasteiger partial charge in [-0.2, -0.15) is 9.61 Å². The summed E-state index contributed by atoms with van der Waals surface area (Å²) in [7, 11) is 1.32. The number of carbonyl (C=O) groups is 2. The molecule has 2 aromatic carbocycles. The fourth-order valence-corrected chi connectivity index (χ4v) is 3.56. The van der Waals surface area contributed by atoms with Gasteiger partial charge in [-0.25, -0.2) is 4.79 Å². The third-order valence-corrected chi connectivity index (χ3v) is 5.42. The predicted molar refractivity (Wildman–Crippen MR) is 118 cm³/mol. The lowest BCUT2D eigenvalue weighted by Crippen LogP contribution is -2.14. The molecule has 0 fully saturated rings. The Morgan fingerprint density at radius 1 is 1.00 bits per heavy atom. The third-order valence-electron chi connectivity index (χ3n) is 4.50. The highest BCUT2D eigenvalue weighted by Gasteiger charge is 2.12. The van der Waals surface area contributed by atoms with Crippen molar-refractivity contribution in [2.24, 2.45) is 0 Å². The average molecular weight is 433 g/mol. The zero-order chi connectivity index (χ0) is 21.8. The Kier molecular flexibility index (Phi) is 5.94. The number of hydrogen-bond donors (Lipinski definition) is 1. The van der Waals surface area contributed by atoms with Crippen molar-refractivity contribution in [2.45, 2.75) is 12.1 Å². The van der Waals surface area contributed by atoms with Crippen molar-refractivity contribution in [2.75, 3.05) is 18.2 Å². The second-order valence-electron chi connectivity index (χ2n) is 6.74. The molecule has 2 aromatic heterocycles. The summed E-state index contributed by atoms with van der Waals surface area (Å²) in [6, 6.07) is 18.3. The molecule has 0 saturated heterocycles. The van der Waals surface area contributed by atoms with E-state index in [9.17, 15) is 9.59 Å². The number of amides is 1. The second kappa shape index (κ2) is 8.97. The van der Waals surface area contributed by atoms with Crippen LogP contribution in [0.25, 0.3) is 16.9 Å². The summed E-state index contributed by atoms with van der Waals surface area (Å²) < 4.78 is 6.30. The largest absolute Gasteiger partial charge is 0.465 e. The van der Waals surface area contributed by atoms with E-state index in [4.69, 9.17) is 0 Å². The van der Waals surface area contributed by atoms with Crippen molar-refractivity contribution in [3.63, 3.8) is 0 Å². The monoisotopic (exact) mass is 433 g/mol. The van der Waals surface area contributed by atoms with Crippen LogP contribution in [0, 0.1) is 6.92 Å². The lowest BCUT2D eigenvalue weighted by molar-refractivity contribution is -0.113. The Hall–Kier alpha value is -3.72. The predicted octanol–water partition coefficient (Wildman–Crippen LogP) is 3.62. The molecule has 1 amide bonds. The van der Waals surface area contributed by atoms with Crippen LogP contribution in [0.1, 0.15) is 15.9 Å². The van der Waals surface area contributed by atoms with Gasteiger partial charge in [-0.05, 0) is 43.3 Å². The number of fused-ring (bicyclic) bond motifs is 1. The molecular formula is C22H19N5O3S. The van der Waals surface area contributed by atoms with Crippen LogP contribution in [0.15, 0.2) is 65.8 Å². The van der Waals surface area contributed by atoms with E-state index >= 15 is 0 Å². The zero-order valence-corrected chi connectivity index (χ0v) is 17.7. The molecule has 8 nitrogen and oxygen atoms in total. The minimum atomic E-state index is -0.426. The molecule has 0 bridgehead atoms. The molecule has 0 saturated carbocycles. The Labute approximate surface area is 182 Å². The smallest absolute Gasteiger partial charge is 0.337 e. The highest BCUT2D eigenvalue weighted by Crippen LogP contribution is 2.21. The fraction of sp³-hybridized carbons (Fsp3) is 0.136. The first-order valence-electron chi connectivity index (χ1n) is 9.44. The summed E-state index contributed by atoms with van der Waals surface area (Å²) in [5.74, 6) is -0.498. The second-order valence-corrected chi connectivity index (χ2v) is 7.69. The molecule has 31 heavy (non-hydrogen) atoms. The Balaban J connectivity index is 1.43. The number of nitrogens with zero attached hydrogens (tertiary/aromatic N) is 4. The number of thioether (sulfide) groups is 1. The molecule has 0 unspecified atom stereocenters. The maximum atomic E-state index is 12.3. The Morgan fingerprint density at radius 2 is 1.74 bits per heavy atom. The summed E-state index contributed by atoms with van der Waals surface area (Å²) in [4.78, 5) is 23.8. The van der Waals surface area contributed by atoms with Crippen LogP contribution in [0.2, 0.25) is 0 Å². The van der Waals surface area contributed by atoms with E-state index in [1.807, 2.05) is 43.3 Å². The number of aromatic nitrogens is 4. The number of rotatable bonds is 6. The van der Waals surface area contributed by atoms with Gasteiger partial charge in [-0.15, -0.1) is 10.2 Å². The summed E-state index contributed by atoms with van der Waals surface area (Å²) in [5.41, 5.74) is 4.58. The number of ether oxygens (including phenoxy) is 1. The van der Waals surface area contributed by atoms with E-state index < -0.39 is 5.97 Å². The highest BCUT2D eigenvalue weighted by molar-refractivity contribution is 7.99. The van der Waals surface area contributed by atoms with Gasteiger partial charge < -0.3 is 10.1 Å². The van der Waals surface area contributed by atoms with Gasteiger partial charge in [0.2, 0.25) is 11.1 Å². The number of esters is 1. The molecule has 0 aliphatic heterocycles. The van der Waals surface area contributed by atoms with E-state index in [1.165, 1.54) is 24.4 Å². The maximum Gasteiger partial charge on any atom is 0.337 e. The van der Waals surface area contributed by atoms with Crippen LogP contribution in [-0.2, 0) is 9.53 Å². The molecule has 0 radical (unpaired) electrons. The highest BCUT2D eigenvalue weighted by atomic mass is 32.2. The zero-order valence-electron chi connectivity index (χ0n) is 16.9. The van der Waals surface area contributed by atoms with Gasteiger partial charge in [0, 0.05) is 11.3 Å². The lowest BCUT2D eigenvalue weighted by atomic mass is 10.1. The van der Waals surface area contributed by atoms with Crippen molar-refractivity contribution < 1.29 is 14.3 Å². The number of benzene rings is 2. The normalized spacial score (nSPS) is 10.8. The minimum absolute atomic E-state index is 0.135. The molecule has 0 aliphatic carbocycles. The van der Waals surface area contributed by atoms with Gasteiger partial charge in [0.25, 0.3) is 0 Å². The molecule has 9 heteroatoms. The molecule has 1 N–H and O–H groups in total. The summed E-state index contributed by atoms with van der Waals surface area (Å²) >= 11 is 1.24. The topological polar surface area (TPSA) is 98.5 Å². The SMILES string of the molecule is COC(=O)c1ccc(NC(=O)CSc2nnc3ccc(-c4ccc(C)cc4)nn23)cc1. The van der Waals surface area contributed by atoms with Gasteiger partial charge in [-0.1, -0.05) is 41.6 Å². The first kappa shape index (κ1) is 20.5. The van der Waals surface area contributed by atoms with E-state index in [-0.39, 0.29) is 11.7 Å². The molecule has 0 aliphatic rings. The van der Waals surface area contributed by atoms with Crippen LogP contribution in [0.5, 0.6) is 0 Å². The number of anilines is 1. The van der Waals surface area contributed by atoms with E-state index in [0.717, 1.165) is 11.3 Å². The fourth-order valence-electron chi connectivity index (χ4n) is 2.87. The van der Waals surface area contributed by atoms with Gasteiger partial charge in [-0.3, -0.25) is 4.79 Å². The quantitative estimate of drug-likeness (QED) is 0.366. The first-order valence-corrected chi connectivity index (χ1v) is 10.4. The number of hydrogen-bond acceptors (Lipinski definition) is 7. The van der Waals surface area contributed by atoms with E-state index in [1.54, 1.807) is 28.8 Å². The van der Waals surface area contributed by atoms with Crippen LogP contribution in [0.4, 0.5) is 5.69 Å². The molecule has 4 aromatic rings. The van der Waals surface area contributed by atoms with Crippen molar-refractivity contribution in [3.8, 4) is 11.3 Å². The molecule has 156 valence electrons. The van der Waals surface area contributed by atoms with Crippen molar-refractivity contribution in [1.29, 1.82) is 0 Å². The van der Waals surface area contributed by atoms with E-state index in [0.29, 0.717) is 22.1 Å². The third kappa shape index (κ3) is 4.72. The number of aryl methyl sites for hydroxylation is 1. The van der Waals surface area contributed by atoms with Gasteiger partial charge >= 0.3 is 5.97 Å². The molecular weight excluding hydrogens is 414 g/mol. The van der Waals surface area contributed by atoms with Crippen LogP contribution in [0.3, 0.4) is 0 Å². The lowest BCUT2D eigenvalue weighted by Gasteiger charge is -2.06. The molecule has 2 heterocycles. The van der Waals surface area contributed by atoms with Crippen LogP contribution in [-0.4, -0.2) is 44.6 Å². The number of methoxy groups -OCH3 is 1. The molecule has 0 spiro atoms. The number of carbonyl (C=O) groups excluding carboxylic acids is 2. The van der Waals surface area contributed by atoms with E-state index in [2.05, 4.69) is 25.3 Å². The summed E-state index contributed by atoms with van der Waals surface area (Å²) in [6.07, 6.45) is 0. The average Bonchev–Trinajstić information content (AvgIpc) is 3.20. The van der Waals surface area contributed by atoms with Gasteiger partial charge in [0.15, 0.2) is 5.65 Å². The minimum Gasteiger partial charge on any atom is -0.465 e. The molecule has 4 rings (SSSR count). The van der Waals surface area contributed by atoms with Crippen molar-refractivity contribution in [1.82, 2.24) is 19.8 Å². The Bertz CT molecular complexity index is 1240. The van der Waals surface area contributed by atoms with Crippen molar-refractivity contribution in [3.05, 3.63) is 71.8 Å². The molecule has 0 atom stereocenters. The first-order chi connectivity index (χ1) is 15.0.